The highest BCUT2D eigenvalue weighted by molar-refractivity contribution is 8.00. The van der Waals surface area contributed by atoms with Crippen molar-refractivity contribution in [1.29, 1.82) is 0 Å². The summed E-state index contributed by atoms with van der Waals surface area (Å²) in [4.78, 5) is 12.0. The van der Waals surface area contributed by atoms with E-state index in [1.807, 2.05) is 18.8 Å². The predicted molar refractivity (Wildman–Crippen MR) is 78.0 cm³/mol. The van der Waals surface area contributed by atoms with Crippen LogP contribution in [0.4, 0.5) is 0 Å². The van der Waals surface area contributed by atoms with Crippen LogP contribution in [-0.4, -0.2) is 36.2 Å². The van der Waals surface area contributed by atoms with E-state index >= 15 is 0 Å². The molecule has 106 valence electrons. The highest BCUT2D eigenvalue weighted by Gasteiger charge is 2.43. The van der Waals surface area contributed by atoms with E-state index in [-0.39, 0.29) is 5.97 Å². The maximum atomic E-state index is 12.0. The van der Waals surface area contributed by atoms with Gasteiger partial charge in [0.15, 0.2) is 0 Å². The van der Waals surface area contributed by atoms with Crippen LogP contribution >= 0.6 is 11.8 Å². The summed E-state index contributed by atoms with van der Waals surface area (Å²) in [5.74, 6) is 0.575. The molecule has 0 aromatic rings. The zero-order chi connectivity index (χ0) is 13.8. The molecule has 1 aliphatic rings. The summed E-state index contributed by atoms with van der Waals surface area (Å²) in [6, 6.07) is 0. The van der Waals surface area contributed by atoms with Gasteiger partial charge in [-0.1, -0.05) is 20.8 Å². The molecule has 0 bridgehead atoms. The molecule has 0 aliphatic heterocycles. The number of likely N-dealkylation sites (N-methyl/N-ethyl adjacent to an activating group) is 1. The second kappa shape index (κ2) is 6.80. The van der Waals surface area contributed by atoms with E-state index in [0.29, 0.717) is 16.4 Å². The van der Waals surface area contributed by atoms with Gasteiger partial charge in [-0.2, -0.15) is 11.8 Å². The van der Waals surface area contributed by atoms with Crippen molar-refractivity contribution >= 4 is 17.7 Å². The lowest BCUT2D eigenvalue weighted by Crippen LogP contribution is -2.54. The Labute approximate surface area is 115 Å². The van der Waals surface area contributed by atoms with Crippen molar-refractivity contribution in [1.82, 2.24) is 5.32 Å². The molecule has 0 aromatic heterocycles. The zero-order valence-electron chi connectivity index (χ0n) is 12.3. The van der Waals surface area contributed by atoms with Crippen LogP contribution in [0, 0.1) is 5.92 Å². The first-order valence-electron chi connectivity index (χ1n) is 6.88. The summed E-state index contributed by atoms with van der Waals surface area (Å²) < 4.78 is 4.97. The Kier molecular flexibility index (Phi) is 5.99. The Morgan fingerprint density at radius 1 is 1.44 bits per heavy atom. The lowest BCUT2D eigenvalue weighted by Gasteiger charge is -2.39. The Morgan fingerprint density at radius 2 is 2.11 bits per heavy atom. The minimum atomic E-state index is -0.457. The molecule has 1 rings (SSSR count). The fraction of sp³-hybridized carbons (Fsp3) is 0.929. The molecule has 1 fully saturated rings. The van der Waals surface area contributed by atoms with Crippen LogP contribution in [0.5, 0.6) is 0 Å². The average molecular weight is 273 g/mol. The molecule has 0 aromatic carbocycles. The van der Waals surface area contributed by atoms with Crippen LogP contribution in [-0.2, 0) is 9.53 Å². The highest BCUT2D eigenvalue weighted by Crippen LogP contribution is 2.38. The maximum absolute atomic E-state index is 12.0. The average Bonchev–Trinajstić information content (AvgIpc) is 2.37. The number of thioether (sulfide) groups is 1. The molecule has 3 atom stereocenters. The van der Waals surface area contributed by atoms with Gasteiger partial charge < -0.3 is 10.1 Å². The largest absolute Gasteiger partial charge is 0.468 e. The smallest absolute Gasteiger partial charge is 0.326 e. The molecular formula is C14H27NO2S. The zero-order valence-corrected chi connectivity index (χ0v) is 13.1. The van der Waals surface area contributed by atoms with Gasteiger partial charge in [-0.05, 0) is 38.6 Å². The summed E-state index contributed by atoms with van der Waals surface area (Å²) in [6.07, 6.45) is 4.09. The number of rotatable bonds is 5. The number of hydrogen-bond donors (Lipinski definition) is 1. The van der Waals surface area contributed by atoms with Crippen molar-refractivity contribution in [2.75, 3.05) is 14.2 Å². The summed E-state index contributed by atoms with van der Waals surface area (Å²) in [7, 11) is 3.35. The molecule has 0 spiro atoms. The Hall–Kier alpha value is -0.220. The number of ether oxygens (including phenoxy) is 1. The minimum Gasteiger partial charge on any atom is -0.468 e. The van der Waals surface area contributed by atoms with Crippen molar-refractivity contribution in [2.24, 2.45) is 5.92 Å². The van der Waals surface area contributed by atoms with E-state index < -0.39 is 5.54 Å². The van der Waals surface area contributed by atoms with Gasteiger partial charge >= 0.3 is 5.97 Å². The van der Waals surface area contributed by atoms with E-state index in [0.717, 1.165) is 19.3 Å². The van der Waals surface area contributed by atoms with Crippen LogP contribution in [0.25, 0.3) is 0 Å². The van der Waals surface area contributed by atoms with Gasteiger partial charge in [0.1, 0.15) is 5.54 Å². The highest BCUT2D eigenvalue weighted by atomic mass is 32.2. The van der Waals surface area contributed by atoms with Crippen molar-refractivity contribution < 1.29 is 9.53 Å². The molecule has 4 heteroatoms. The molecule has 0 heterocycles. The van der Waals surface area contributed by atoms with E-state index in [4.69, 9.17) is 4.74 Å². The van der Waals surface area contributed by atoms with Crippen molar-refractivity contribution in [3.05, 3.63) is 0 Å². The third-order valence-electron chi connectivity index (χ3n) is 4.11. The van der Waals surface area contributed by atoms with Gasteiger partial charge in [-0.3, -0.25) is 4.79 Å². The SMILES string of the molecule is CNC1(C(=O)OC)CCCC(SC(C)C(C)C)C1. The second-order valence-electron chi connectivity index (χ2n) is 5.63. The van der Waals surface area contributed by atoms with E-state index in [9.17, 15) is 4.79 Å². The predicted octanol–water partition coefficient (Wildman–Crippen LogP) is 2.84. The Bertz CT molecular complexity index is 283. The number of carbonyl (C=O) groups excluding carboxylic acids is 1. The van der Waals surface area contributed by atoms with Crippen LogP contribution < -0.4 is 5.32 Å². The Balaban J connectivity index is 2.67. The number of hydrogen-bond acceptors (Lipinski definition) is 4. The van der Waals surface area contributed by atoms with Crippen molar-refractivity contribution in [3.63, 3.8) is 0 Å². The van der Waals surface area contributed by atoms with Gasteiger partial charge in [-0.25, -0.2) is 0 Å². The van der Waals surface area contributed by atoms with Gasteiger partial charge in [0.05, 0.1) is 7.11 Å². The minimum absolute atomic E-state index is 0.104. The Morgan fingerprint density at radius 3 is 2.61 bits per heavy atom. The van der Waals surface area contributed by atoms with Crippen molar-refractivity contribution in [3.8, 4) is 0 Å². The fourth-order valence-corrected chi connectivity index (χ4v) is 4.12. The van der Waals surface area contributed by atoms with Crippen LogP contribution in [0.3, 0.4) is 0 Å². The van der Waals surface area contributed by atoms with Gasteiger partial charge in [0.25, 0.3) is 0 Å². The normalized spacial score (nSPS) is 30.2. The monoisotopic (exact) mass is 273 g/mol. The number of nitrogens with one attached hydrogen (secondary N) is 1. The molecule has 1 aliphatic carbocycles. The third kappa shape index (κ3) is 3.64. The molecule has 0 saturated heterocycles. The molecule has 1 N–H and O–H groups in total. The number of carbonyl (C=O) groups is 1. The standard InChI is InChI=1S/C14H27NO2S/c1-10(2)11(3)18-12-7-6-8-14(9-12,15-4)13(16)17-5/h10-12,15H,6-9H2,1-5H3. The lowest BCUT2D eigenvalue weighted by atomic mass is 9.81. The summed E-state index contributed by atoms with van der Waals surface area (Å²) in [6.45, 7) is 6.79. The third-order valence-corrected chi connectivity index (χ3v) is 5.87. The van der Waals surface area contributed by atoms with Gasteiger partial charge in [0, 0.05) is 10.5 Å². The number of methoxy groups -OCH3 is 1. The maximum Gasteiger partial charge on any atom is 0.326 e. The van der Waals surface area contributed by atoms with Crippen LogP contribution in [0.2, 0.25) is 0 Å². The second-order valence-corrected chi connectivity index (χ2v) is 7.31. The number of esters is 1. The lowest BCUT2D eigenvalue weighted by molar-refractivity contribution is -0.149. The molecular weight excluding hydrogens is 246 g/mol. The first kappa shape index (κ1) is 15.8. The van der Waals surface area contributed by atoms with E-state index in [1.165, 1.54) is 13.5 Å². The van der Waals surface area contributed by atoms with Gasteiger partial charge in [-0.15, -0.1) is 0 Å². The molecule has 3 unspecified atom stereocenters. The molecule has 0 amide bonds. The molecule has 18 heavy (non-hydrogen) atoms. The van der Waals surface area contributed by atoms with E-state index in [2.05, 4.69) is 26.1 Å². The van der Waals surface area contributed by atoms with Crippen LogP contribution in [0.15, 0.2) is 0 Å². The molecule has 0 radical (unpaired) electrons. The van der Waals surface area contributed by atoms with E-state index in [1.54, 1.807) is 0 Å². The van der Waals surface area contributed by atoms with Crippen LogP contribution in [0.1, 0.15) is 46.5 Å². The molecule has 1 saturated carbocycles. The summed E-state index contributed by atoms with van der Waals surface area (Å²) in [5.41, 5.74) is -0.457. The first-order chi connectivity index (χ1) is 8.45. The van der Waals surface area contributed by atoms with Crippen molar-refractivity contribution in [2.45, 2.75) is 62.5 Å². The summed E-state index contributed by atoms with van der Waals surface area (Å²) in [5, 5.41) is 4.41. The first-order valence-corrected chi connectivity index (χ1v) is 7.82. The fourth-order valence-electron chi connectivity index (χ4n) is 2.51. The quantitative estimate of drug-likeness (QED) is 0.782. The molecule has 3 nitrogen and oxygen atoms in total. The van der Waals surface area contributed by atoms with Gasteiger partial charge in [0.2, 0.25) is 0 Å². The summed E-state index contributed by atoms with van der Waals surface area (Å²) >= 11 is 2.03. The topological polar surface area (TPSA) is 38.3 Å².